The third-order valence-corrected chi connectivity index (χ3v) is 1.59. The Morgan fingerprint density at radius 2 is 2.27 bits per heavy atom. The van der Waals surface area contributed by atoms with E-state index < -0.39 is 0 Å². The highest BCUT2D eigenvalue weighted by atomic mass is 32.1. The van der Waals surface area contributed by atoms with Gasteiger partial charge in [0.1, 0.15) is 5.76 Å². The molecule has 11 heavy (non-hydrogen) atoms. The van der Waals surface area contributed by atoms with Crippen LogP contribution in [0, 0.1) is 0 Å². The van der Waals surface area contributed by atoms with E-state index in [1.165, 1.54) is 0 Å². The molecular formula is C8H11NOS. The van der Waals surface area contributed by atoms with Crippen molar-refractivity contribution in [3.63, 3.8) is 0 Å². The lowest BCUT2D eigenvalue weighted by Gasteiger charge is -2.14. The second-order valence-corrected chi connectivity index (χ2v) is 3.59. The number of hydrogen-bond acceptors (Lipinski definition) is 3. The molecule has 1 atom stereocenters. The van der Waals surface area contributed by atoms with Gasteiger partial charge < -0.3 is 10.4 Å². The Kier molecular flexibility index (Phi) is 2.29. The Morgan fingerprint density at radius 3 is 3.00 bits per heavy atom. The Bertz CT molecular complexity index is 228. The van der Waals surface area contributed by atoms with Crippen LogP contribution in [-0.2, 0) is 0 Å². The first-order chi connectivity index (χ1) is 5.10. The van der Waals surface area contributed by atoms with Crippen molar-refractivity contribution in [3.05, 3.63) is 36.4 Å². The van der Waals surface area contributed by atoms with Crippen molar-refractivity contribution < 1.29 is 5.11 Å². The van der Waals surface area contributed by atoms with Gasteiger partial charge in [-0.05, 0) is 31.4 Å². The average Bonchev–Trinajstić information content (AvgIpc) is 1.82. The summed E-state index contributed by atoms with van der Waals surface area (Å²) in [6, 6.07) is 0. The number of hydrogen-bond donors (Lipinski definition) is 3. The summed E-state index contributed by atoms with van der Waals surface area (Å²) in [5.74, 6) is 0.222. The molecule has 1 heterocycles. The van der Waals surface area contributed by atoms with E-state index in [9.17, 15) is 5.11 Å². The maximum Gasteiger partial charge on any atom is 0.114 e. The van der Waals surface area contributed by atoms with E-state index in [0.29, 0.717) is 0 Å². The van der Waals surface area contributed by atoms with E-state index in [0.717, 1.165) is 0 Å². The molecular weight excluding hydrogens is 158 g/mol. The van der Waals surface area contributed by atoms with Crippen LogP contribution in [0.3, 0.4) is 0 Å². The molecule has 3 heteroatoms. The van der Waals surface area contributed by atoms with Gasteiger partial charge in [0.05, 0.1) is 4.75 Å². The van der Waals surface area contributed by atoms with Gasteiger partial charge in [0, 0.05) is 6.20 Å². The molecule has 0 aliphatic carbocycles. The Labute approximate surface area is 71.7 Å². The lowest BCUT2D eigenvalue weighted by molar-refractivity contribution is 0.428. The SMILES string of the molecule is CC1(S)/C=C\N/C=C\C(O)=C/1. The molecule has 0 aromatic carbocycles. The van der Waals surface area contributed by atoms with Gasteiger partial charge in [-0.25, -0.2) is 0 Å². The predicted octanol–water partition coefficient (Wildman–Crippen LogP) is 1.75. The lowest BCUT2D eigenvalue weighted by Crippen LogP contribution is -2.12. The molecule has 2 N–H and O–H groups in total. The zero-order chi connectivity index (χ0) is 8.32. The summed E-state index contributed by atoms with van der Waals surface area (Å²) in [6.07, 6.45) is 8.55. The number of aliphatic hydroxyl groups is 1. The Hall–Kier alpha value is -0.830. The lowest BCUT2D eigenvalue weighted by atomic mass is 10.1. The fourth-order valence-corrected chi connectivity index (χ4v) is 1.01. The topological polar surface area (TPSA) is 32.3 Å². The normalized spacial score (nSPS) is 40.7. The third-order valence-electron chi connectivity index (χ3n) is 1.31. The minimum atomic E-state index is -0.387. The van der Waals surface area contributed by atoms with Crippen LogP contribution in [0.15, 0.2) is 36.4 Å². The van der Waals surface area contributed by atoms with Crippen LogP contribution in [0.1, 0.15) is 6.92 Å². The first-order valence-electron chi connectivity index (χ1n) is 3.35. The summed E-state index contributed by atoms with van der Waals surface area (Å²) < 4.78 is -0.387. The fraction of sp³-hybridized carbons (Fsp3) is 0.250. The molecule has 2 nitrogen and oxygen atoms in total. The van der Waals surface area contributed by atoms with Crippen LogP contribution in [0.25, 0.3) is 0 Å². The molecule has 0 fully saturated rings. The summed E-state index contributed by atoms with van der Waals surface area (Å²) in [4.78, 5) is 0. The van der Waals surface area contributed by atoms with Gasteiger partial charge in [-0.3, -0.25) is 0 Å². The van der Waals surface area contributed by atoms with E-state index in [1.54, 1.807) is 24.6 Å². The monoisotopic (exact) mass is 169 g/mol. The molecule has 0 saturated carbocycles. The summed E-state index contributed by atoms with van der Waals surface area (Å²) >= 11 is 4.30. The van der Waals surface area contributed by atoms with Crippen molar-refractivity contribution in [3.8, 4) is 0 Å². The smallest absolute Gasteiger partial charge is 0.114 e. The molecule has 0 bridgehead atoms. The summed E-state index contributed by atoms with van der Waals surface area (Å²) in [7, 11) is 0. The van der Waals surface area contributed by atoms with Crippen LogP contribution < -0.4 is 5.32 Å². The number of allylic oxidation sites excluding steroid dienone is 1. The third kappa shape index (κ3) is 2.72. The summed E-state index contributed by atoms with van der Waals surface area (Å²) in [5, 5.41) is 12.1. The second-order valence-electron chi connectivity index (χ2n) is 2.63. The Morgan fingerprint density at radius 1 is 1.55 bits per heavy atom. The van der Waals surface area contributed by atoms with Crippen LogP contribution in [0.2, 0.25) is 0 Å². The van der Waals surface area contributed by atoms with Gasteiger partial charge in [-0.15, -0.1) is 0 Å². The summed E-state index contributed by atoms with van der Waals surface area (Å²) in [6.45, 7) is 1.89. The van der Waals surface area contributed by atoms with Crippen LogP contribution in [-0.4, -0.2) is 9.85 Å². The van der Waals surface area contributed by atoms with Crippen LogP contribution in [0.5, 0.6) is 0 Å². The van der Waals surface area contributed by atoms with Gasteiger partial charge in [0.25, 0.3) is 0 Å². The van der Waals surface area contributed by atoms with Crippen molar-refractivity contribution in [2.45, 2.75) is 11.7 Å². The molecule has 0 spiro atoms. The first kappa shape index (κ1) is 8.27. The van der Waals surface area contributed by atoms with E-state index in [1.807, 2.05) is 13.0 Å². The van der Waals surface area contributed by atoms with Crippen molar-refractivity contribution in [1.82, 2.24) is 5.32 Å². The molecule has 0 amide bonds. The van der Waals surface area contributed by atoms with Crippen molar-refractivity contribution in [1.29, 1.82) is 0 Å². The maximum absolute atomic E-state index is 9.20. The molecule has 0 radical (unpaired) electrons. The van der Waals surface area contributed by atoms with E-state index in [2.05, 4.69) is 17.9 Å². The van der Waals surface area contributed by atoms with E-state index in [4.69, 9.17) is 0 Å². The van der Waals surface area contributed by atoms with Gasteiger partial charge in [-0.2, -0.15) is 12.6 Å². The summed E-state index contributed by atoms with van der Waals surface area (Å²) in [5.41, 5.74) is 0. The molecule has 60 valence electrons. The molecule has 0 saturated heterocycles. The molecule has 1 unspecified atom stereocenters. The molecule has 1 aliphatic heterocycles. The van der Waals surface area contributed by atoms with Crippen LogP contribution in [0.4, 0.5) is 0 Å². The molecule has 0 aromatic rings. The van der Waals surface area contributed by atoms with Crippen molar-refractivity contribution in [2.75, 3.05) is 0 Å². The zero-order valence-electron chi connectivity index (χ0n) is 6.28. The highest BCUT2D eigenvalue weighted by Gasteiger charge is 2.12. The minimum absolute atomic E-state index is 0.222. The first-order valence-corrected chi connectivity index (χ1v) is 3.79. The Balaban J connectivity index is 2.92. The number of nitrogens with one attached hydrogen (secondary N) is 1. The highest BCUT2D eigenvalue weighted by Crippen LogP contribution is 2.19. The van der Waals surface area contributed by atoms with Gasteiger partial charge in [0.15, 0.2) is 0 Å². The second kappa shape index (κ2) is 3.05. The van der Waals surface area contributed by atoms with E-state index >= 15 is 0 Å². The van der Waals surface area contributed by atoms with Crippen molar-refractivity contribution >= 4 is 12.6 Å². The highest BCUT2D eigenvalue weighted by molar-refractivity contribution is 7.82. The maximum atomic E-state index is 9.20. The van der Waals surface area contributed by atoms with E-state index in [-0.39, 0.29) is 10.5 Å². The average molecular weight is 169 g/mol. The zero-order valence-corrected chi connectivity index (χ0v) is 7.18. The molecule has 1 rings (SSSR count). The number of rotatable bonds is 0. The number of thiol groups is 1. The minimum Gasteiger partial charge on any atom is -0.508 e. The quantitative estimate of drug-likeness (QED) is 0.483. The fourth-order valence-electron chi connectivity index (χ4n) is 0.801. The largest absolute Gasteiger partial charge is 0.508 e. The number of aliphatic hydroxyl groups excluding tert-OH is 1. The molecule has 0 aromatic heterocycles. The van der Waals surface area contributed by atoms with Gasteiger partial charge in [-0.1, -0.05) is 0 Å². The predicted molar refractivity (Wildman–Crippen MR) is 49.5 cm³/mol. The van der Waals surface area contributed by atoms with Gasteiger partial charge >= 0.3 is 0 Å². The standard InChI is InChI=1S/C8H11NOS/c1-8(11)3-5-9-4-2-7(10)6-8/h2-6,9-11H,1H3/b4-2-,5-3-,7-6+. The van der Waals surface area contributed by atoms with Gasteiger partial charge in [0.2, 0.25) is 0 Å². The van der Waals surface area contributed by atoms with Crippen molar-refractivity contribution in [2.24, 2.45) is 0 Å². The van der Waals surface area contributed by atoms with Crippen LogP contribution >= 0.6 is 12.6 Å². The molecule has 1 aliphatic rings.